The van der Waals surface area contributed by atoms with Crippen molar-refractivity contribution in [1.29, 1.82) is 0 Å². The molecule has 0 bridgehead atoms. The van der Waals surface area contributed by atoms with Crippen molar-refractivity contribution in [3.05, 3.63) is 22.4 Å². The lowest BCUT2D eigenvalue weighted by Gasteiger charge is -2.18. The van der Waals surface area contributed by atoms with E-state index < -0.39 is 5.43 Å². The Balaban J connectivity index is 2.64. The molecule has 1 N–H and O–H groups in total. The fourth-order valence-electron chi connectivity index (χ4n) is 2.93. The third-order valence-corrected chi connectivity index (χ3v) is 4.05. The molecule has 0 amide bonds. The predicted octanol–water partition coefficient (Wildman–Crippen LogP) is 2.69. The molecule has 8 heteroatoms. The van der Waals surface area contributed by atoms with Gasteiger partial charge in [0.25, 0.3) is 0 Å². The molecular formula is C18H18O8. The van der Waals surface area contributed by atoms with Gasteiger partial charge in [0.05, 0.1) is 35.5 Å². The van der Waals surface area contributed by atoms with Crippen LogP contribution in [0.15, 0.2) is 21.3 Å². The van der Waals surface area contributed by atoms with E-state index in [0.29, 0.717) is 5.75 Å². The molecule has 26 heavy (non-hydrogen) atoms. The highest BCUT2D eigenvalue weighted by molar-refractivity contribution is 6.01. The minimum Gasteiger partial charge on any atom is -0.507 e. The lowest BCUT2D eigenvalue weighted by atomic mass is 10.1. The first-order chi connectivity index (χ1) is 12.5. The highest BCUT2D eigenvalue weighted by atomic mass is 16.5. The number of benzene rings is 2. The number of phenolic OH excluding ortho intramolecular Hbond substituents is 1. The number of hydrogen-bond acceptors (Lipinski definition) is 8. The van der Waals surface area contributed by atoms with Crippen molar-refractivity contribution in [1.82, 2.24) is 0 Å². The fourth-order valence-corrected chi connectivity index (χ4v) is 2.93. The summed E-state index contributed by atoms with van der Waals surface area (Å²) in [6.45, 7) is 0. The lowest BCUT2D eigenvalue weighted by Crippen LogP contribution is -2.08. The van der Waals surface area contributed by atoms with Gasteiger partial charge in [0.1, 0.15) is 27.9 Å². The second-order valence-electron chi connectivity index (χ2n) is 5.29. The van der Waals surface area contributed by atoms with Crippen molar-refractivity contribution in [2.75, 3.05) is 35.5 Å². The Kier molecular flexibility index (Phi) is 4.41. The average molecular weight is 362 g/mol. The molecule has 0 aliphatic carbocycles. The topological polar surface area (TPSA) is 96.6 Å². The second-order valence-corrected chi connectivity index (χ2v) is 5.29. The lowest BCUT2D eigenvalue weighted by molar-refractivity contribution is 0.307. The van der Waals surface area contributed by atoms with Gasteiger partial charge in [-0.25, -0.2) is 0 Å². The molecule has 2 aromatic carbocycles. The Morgan fingerprint density at radius 3 is 1.88 bits per heavy atom. The first-order valence-electron chi connectivity index (χ1n) is 7.55. The van der Waals surface area contributed by atoms with Gasteiger partial charge >= 0.3 is 0 Å². The number of ether oxygens (including phenoxy) is 5. The highest BCUT2D eigenvalue weighted by Gasteiger charge is 2.28. The second kappa shape index (κ2) is 6.55. The van der Waals surface area contributed by atoms with Gasteiger partial charge in [0, 0.05) is 12.1 Å². The summed E-state index contributed by atoms with van der Waals surface area (Å²) in [5, 5.41) is 10.3. The summed E-state index contributed by atoms with van der Waals surface area (Å²) in [5.74, 6) is 0.746. The molecule has 0 saturated carbocycles. The summed E-state index contributed by atoms with van der Waals surface area (Å²) in [4.78, 5) is 13.1. The summed E-state index contributed by atoms with van der Waals surface area (Å²) >= 11 is 0. The summed E-state index contributed by atoms with van der Waals surface area (Å²) in [5.41, 5.74) is -0.267. The molecule has 138 valence electrons. The molecule has 0 aliphatic heterocycles. The van der Waals surface area contributed by atoms with Crippen LogP contribution in [0, 0.1) is 0 Å². The Morgan fingerprint density at radius 1 is 0.769 bits per heavy atom. The maximum Gasteiger partial charge on any atom is 0.211 e. The van der Waals surface area contributed by atoms with Gasteiger partial charge in [0.2, 0.25) is 22.7 Å². The SMILES string of the molecule is COc1cc(O)c2c(=O)c3c(OC)c(OC)c(OC)c(OC)c3oc2c1. The van der Waals surface area contributed by atoms with Crippen LogP contribution in [-0.4, -0.2) is 40.7 Å². The first-order valence-corrected chi connectivity index (χ1v) is 7.55. The van der Waals surface area contributed by atoms with Gasteiger partial charge in [-0.2, -0.15) is 0 Å². The summed E-state index contributed by atoms with van der Waals surface area (Å²) in [7, 11) is 7.09. The number of rotatable bonds is 5. The minimum atomic E-state index is -0.502. The molecule has 8 nitrogen and oxygen atoms in total. The molecule has 0 spiro atoms. The third kappa shape index (κ3) is 2.33. The Hall–Kier alpha value is -3.29. The van der Waals surface area contributed by atoms with Crippen molar-refractivity contribution in [2.24, 2.45) is 0 Å². The molecule has 1 heterocycles. The van der Waals surface area contributed by atoms with E-state index >= 15 is 0 Å². The molecule has 0 radical (unpaired) electrons. The van der Waals surface area contributed by atoms with Crippen LogP contribution in [-0.2, 0) is 0 Å². The molecule has 3 rings (SSSR count). The molecule has 0 aliphatic rings. The van der Waals surface area contributed by atoms with Crippen LogP contribution in [0.1, 0.15) is 0 Å². The molecule has 0 fully saturated rings. The molecule has 0 atom stereocenters. The van der Waals surface area contributed by atoms with E-state index in [1.54, 1.807) is 0 Å². The molecule has 0 saturated heterocycles. The summed E-state index contributed by atoms with van der Waals surface area (Å²) < 4.78 is 32.5. The van der Waals surface area contributed by atoms with Gasteiger partial charge in [-0.1, -0.05) is 0 Å². The van der Waals surface area contributed by atoms with E-state index in [-0.39, 0.29) is 50.7 Å². The van der Waals surface area contributed by atoms with Crippen LogP contribution in [0.5, 0.6) is 34.5 Å². The summed E-state index contributed by atoms with van der Waals surface area (Å²) in [6.07, 6.45) is 0. The molecular weight excluding hydrogens is 344 g/mol. The van der Waals surface area contributed by atoms with E-state index in [4.69, 9.17) is 28.1 Å². The monoisotopic (exact) mass is 362 g/mol. The third-order valence-electron chi connectivity index (χ3n) is 4.05. The van der Waals surface area contributed by atoms with Crippen LogP contribution >= 0.6 is 0 Å². The Bertz CT molecular complexity index is 1050. The zero-order chi connectivity index (χ0) is 19.0. The van der Waals surface area contributed by atoms with Crippen LogP contribution < -0.4 is 29.1 Å². The molecule has 1 aromatic heterocycles. The number of fused-ring (bicyclic) bond motifs is 2. The van der Waals surface area contributed by atoms with E-state index in [2.05, 4.69) is 0 Å². The zero-order valence-electron chi connectivity index (χ0n) is 15.0. The van der Waals surface area contributed by atoms with E-state index in [1.807, 2.05) is 0 Å². The first kappa shape index (κ1) is 17.5. The van der Waals surface area contributed by atoms with E-state index in [0.717, 1.165) is 0 Å². The molecule has 3 aromatic rings. The van der Waals surface area contributed by atoms with E-state index in [1.165, 1.54) is 47.7 Å². The van der Waals surface area contributed by atoms with Crippen molar-refractivity contribution in [3.63, 3.8) is 0 Å². The average Bonchev–Trinajstić information content (AvgIpc) is 2.65. The molecule has 0 unspecified atom stereocenters. The van der Waals surface area contributed by atoms with Crippen LogP contribution in [0.2, 0.25) is 0 Å². The quantitative estimate of drug-likeness (QED) is 0.692. The number of hydrogen-bond donors (Lipinski definition) is 1. The van der Waals surface area contributed by atoms with Gasteiger partial charge in [-0.15, -0.1) is 0 Å². The maximum absolute atomic E-state index is 13.1. The van der Waals surface area contributed by atoms with Crippen molar-refractivity contribution in [3.8, 4) is 34.5 Å². The largest absolute Gasteiger partial charge is 0.507 e. The van der Waals surface area contributed by atoms with Crippen molar-refractivity contribution >= 4 is 21.9 Å². The fraction of sp³-hybridized carbons (Fsp3) is 0.278. The number of methoxy groups -OCH3 is 5. The minimum absolute atomic E-state index is 0.00845. The highest BCUT2D eigenvalue weighted by Crippen LogP contribution is 2.50. The van der Waals surface area contributed by atoms with Crippen molar-refractivity contribution < 1.29 is 33.2 Å². The summed E-state index contributed by atoms with van der Waals surface area (Å²) in [6, 6.07) is 2.83. The smallest absolute Gasteiger partial charge is 0.211 e. The maximum atomic E-state index is 13.1. The van der Waals surface area contributed by atoms with Gasteiger partial charge in [-0.3, -0.25) is 4.79 Å². The predicted molar refractivity (Wildman–Crippen MR) is 94.4 cm³/mol. The number of aromatic hydroxyl groups is 1. The van der Waals surface area contributed by atoms with Crippen LogP contribution in [0.3, 0.4) is 0 Å². The van der Waals surface area contributed by atoms with E-state index in [9.17, 15) is 9.90 Å². The zero-order valence-corrected chi connectivity index (χ0v) is 15.0. The van der Waals surface area contributed by atoms with Crippen LogP contribution in [0.25, 0.3) is 21.9 Å². The normalized spacial score (nSPS) is 10.8. The van der Waals surface area contributed by atoms with Gasteiger partial charge in [-0.05, 0) is 0 Å². The van der Waals surface area contributed by atoms with Crippen LogP contribution in [0.4, 0.5) is 0 Å². The van der Waals surface area contributed by atoms with Gasteiger partial charge < -0.3 is 33.2 Å². The van der Waals surface area contributed by atoms with Crippen molar-refractivity contribution in [2.45, 2.75) is 0 Å². The Labute approximate surface area is 148 Å². The number of phenols is 1. The van der Waals surface area contributed by atoms with Gasteiger partial charge in [0.15, 0.2) is 11.3 Å². The Morgan fingerprint density at radius 2 is 1.35 bits per heavy atom. The standard InChI is InChI=1S/C18H18O8/c1-21-8-6-9(19)11-10(7-8)26-15-12(13(11)20)14(22-2)16(23-3)18(25-5)17(15)24-4/h6-7,19H,1-5H3.